The maximum absolute atomic E-state index is 6.26. The lowest BCUT2D eigenvalue weighted by Gasteiger charge is -2.25. The predicted molar refractivity (Wildman–Crippen MR) is 149 cm³/mol. The van der Waals surface area contributed by atoms with Crippen LogP contribution in [-0.2, 0) is 10.5 Å². The summed E-state index contributed by atoms with van der Waals surface area (Å²) < 4.78 is 19.7. The third-order valence-electron chi connectivity index (χ3n) is 5.85. The molecule has 0 radical (unpaired) electrons. The van der Waals surface area contributed by atoms with E-state index in [1.54, 1.807) is 26.0 Å². The van der Waals surface area contributed by atoms with Gasteiger partial charge in [-0.1, -0.05) is 19.1 Å². The van der Waals surface area contributed by atoms with E-state index in [1.807, 2.05) is 81.1 Å². The van der Waals surface area contributed by atoms with Crippen molar-refractivity contribution in [1.29, 1.82) is 0 Å². The number of benzene rings is 1. The van der Waals surface area contributed by atoms with E-state index >= 15 is 0 Å². The van der Waals surface area contributed by atoms with E-state index in [2.05, 4.69) is 27.1 Å². The molecule has 0 amide bonds. The Morgan fingerprint density at radius 1 is 0.895 bits per heavy atom. The average Bonchev–Trinajstić information content (AvgIpc) is 3.33. The van der Waals surface area contributed by atoms with Crippen LogP contribution in [0, 0.1) is 13.8 Å². The van der Waals surface area contributed by atoms with Gasteiger partial charge in [-0.3, -0.25) is 4.57 Å². The summed E-state index contributed by atoms with van der Waals surface area (Å²) >= 11 is 1.70. The van der Waals surface area contributed by atoms with Gasteiger partial charge in [-0.2, -0.15) is 0 Å². The van der Waals surface area contributed by atoms with Crippen LogP contribution >= 0.6 is 11.8 Å². The molecule has 1 aromatic carbocycles. The molecule has 2 atom stereocenters. The molecule has 3 heterocycles. The lowest BCUT2D eigenvalue weighted by atomic mass is 10.2. The summed E-state index contributed by atoms with van der Waals surface area (Å²) in [5.41, 5.74) is 3.33. The first-order valence-electron chi connectivity index (χ1n) is 12.5. The zero-order valence-electron chi connectivity index (χ0n) is 22.9. The first kappa shape index (κ1) is 27.5. The molecule has 0 spiro atoms. The molecule has 0 aliphatic rings. The van der Waals surface area contributed by atoms with Gasteiger partial charge >= 0.3 is 0 Å². The van der Waals surface area contributed by atoms with Crippen LogP contribution in [-0.4, -0.2) is 55.3 Å². The molecule has 0 aliphatic carbocycles. The second-order valence-corrected chi connectivity index (χ2v) is 10.6. The smallest absolute Gasteiger partial charge is 0.187 e. The van der Waals surface area contributed by atoms with Crippen molar-refractivity contribution in [2.75, 3.05) is 14.2 Å². The van der Waals surface area contributed by atoms with Gasteiger partial charge in [0.2, 0.25) is 0 Å². The molecular weight excluding hydrogens is 500 g/mol. The van der Waals surface area contributed by atoms with Crippen molar-refractivity contribution in [2.24, 2.45) is 0 Å². The number of pyridine rings is 1. The molecule has 38 heavy (non-hydrogen) atoms. The number of hydrogen-bond acceptors (Lipinski definition) is 9. The highest BCUT2D eigenvalue weighted by Gasteiger charge is 2.27. The van der Waals surface area contributed by atoms with Crippen LogP contribution in [0.25, 0.3) is 17.2 Å². The minimum Gasteiger partial charge on any atom is -0.494 e. The van der Waals surface area contributed by atoms with Gasteiger partial charge < -0.3 is 14.2 Å². The van der Waals surface area contributed by atoms with Crippen LogP contribution in [0.1, 0.15) is 49.8 Å². The molecular formula is C28H34N6O3S. The summed E-state index contributed by atoms with van der Waals surface area (Å²) in [5.74, 6) is 3.85. The lowest BCUT2D eigenvalue weighted by Crippen LogP contribution is -2.22. The average molecular weight is 535 g/mol. The third kappa shape index (κ3) is 6.14. The molecule has 9 nitrogen and oxygen atoms in total. The number of rotatable bonds is 11. The number of methoxy groups -OCH3 is 2. The molecule has 0 fully saturated rings. The molecule has 4 aromatic rings. The molecule has 200 valence electrons. The van der Waals surface area contributed by atoms with Crippen molar-refractivity contribution in [3.8, 4) is 28.7 Å². The molecule has 4 rings (SSSR count). The SMILES string of the molecule is COc1cccc(OC)c1-n1c(CS[C@@H](C)[C@H](OC(C)C)c2ncc(C)cn2)nnc1-c1cccc(C)n1. The summed E-state index contributed by atoms with van der Waals surface area (Å²) in [7, 11) is 3.28. The van der Waals surface area contributed by atoms with E-state index < -0.39 is 0 Å². The number of aryl methyl sites for hydroxylation is 2. The maximum Gasteiger partial charge on any atom is 0.187 e. The number of aromatic nitrogens is 6. The van der Waals surface area contributed by atoms with Crippen molar-refractivity contribution < 1.29 is 14.2 Å². The van der Waals surface area contributed by atoms with Gasteiger partial charge in [-0.25, -0.2) is 15.0 Å². The Morgan fingerprint density at radius 2 is 1.55 bits per heavy atom. The summed E-state index contributed by atoms with van der Waals surface area (Å²) in [5, 5.41) is 9.19. The van der Waals surface area contributed by atoms with Crippen molar-refractivity contribution in [2.45, 2.75) is 57.8 Å². The minimum atomic E-state index is -0.282. The Balaban J connectivity index is 1.74. The van der Waals surface area contributed by atoms with Crippen LogP contribution in [0.4, 0.5) is 0 Å². The van der Waals surface area contributed by atoms with Crippen molar-refractivity contribution >= 4 is 11.8 Å². The van der Waals surface area contributed by atoms with Gasteiger partial charge in [-0.15, -0.1) is 22.0 Å². The van der Waals surface area contributed by atoms with E-state index in [0.29, 0.717) is 34.6 Å². The normalized spacial score (nSPS) is 12.9. The molecule has 0 aliphatic heterocycles. The van der Waals surface area contributed by atoms with E-state index in [0.717, 1.165) is 22.8 Å². The fourth-order valence-corrected chi connectivity index (χ4v) is 5.01. The monoisotopic (exact) mass is 534 g/mol. The minimum absolute atomic E-state index is 0.0217. The molecule has 0 N–H and O–H groups in total. The summed E-state index contributed by atoms with van der Waals surface area (Å²) in [6.45, 7) is 10.1. The Morgan fingerprint density at radius 3 is 2.16 bits per heavy atom. The second-order valence-electron chi connectivity index (χ2n) is 9.19. The van der Waals surface area contributed by atoms with Crippen LogP contribution in [0.3, 0.4) is 0 Å². The van der Waals surface area contributed by atoms with Crippen molar-refractivity contribution in [1.82, 2.24) is 29.7 Å². The number of thioether (sulfide) groups is 1. The first-order valence-corrected chi connectivity index (χ1v) is 13.5. The molecule has 0 bridgehead atoms. The van der Waals surface area contributed by atoms with E-state index in [-0.39, 0.29) is 17.5 Å². The zero-order valence-corrected chi connectivity index (χ0v) is 23.7. The first-order chi connectivity index (χ1) is 18.3. The number of hydrogen-bond donors (Lipinski definition) is 0. The quantitative estimate of drug-likeness (QED) is 0.246. The number of nitrogens with zero attached hydrogens (tertiary/aromatic N) is 6. The van der Waals surface area contributed by atoms with Gasteiger partial charge in [0, 0.05) is 23.3 Å². The summed E-state index contributed by atoms with van der Waals surface area (Å²) in [4.78, 5) is 13.8. The molecule has 0 unspecified atom stereocenters. The standard InChI is InChI=1S/C28H34N6O3S/c1-17(2)37-26(27-29-14-18(3)15-30-27)20(5)38-16-24-32-33-28(21-11-8-10-19(4)31-21)34(24)25-22(35-6)12-9-13-23(25)36-7/h8-15,17,20,26H,16H2,1-7H3/t20-,26-/m0/s1. The number of ether oxygens (including phenoxy) is 3. The highest BCUT2D eigenvalue weighted by Crippen LogP contribution is 2.38. The molecule has 10 heteroatoms. The van der Waals surface area contributed by atoms with Gasteiger partial charge in [0.05, 0.1) is 26.1 Å². The van der Waals surface area contributed by atoms with Gasteiger partial charge in [0.1, 0.15) is 34.8 Å². The summed E-state index contributed by atoms with van der Waals surface area (Å²) in [6.07, 6.45) is 3.38. The number of para-hydroxylation sites is 1. The van der Waals surface area contributed by atoms with E-state index in [1.165, 1.54) is 0 Å². The Labute approximate surface area is 228 Å². The van der Waals surface area contributed by atoms with Crippen LogP contribution in [0.5, 0.6) is 11.5 Å². The molecule has 0 saturated heterocycles. The van der Waals surface area contributed by atoms with Gasteiger partial charge in [0.25, 0.3) is 0 Å². The van der Waals surface area contributed by atoms with Crippen LogP contribution in [0.15, 0.2) is 48.8 Å². The lowest BCUT2D eigenvalue weighted by molar-refractivity contribution is 0.00277. The topological polar surface area (TPSA) is 97.1 Å². The fraction of sp³-hybridized carbons (Fsp3) is 0.393. The van der Waals surface area contributed by atoms with Crippen molar-refractivity contribution in [3.05, 3.63) is 71.7 Å². The zero-order chi connectivity index (χ0) is 27.2. The highest BCUT2D eigenvalue weighted by molar-refractivity contribution is 7.99. The van der Waals surface area contributed by atoms with E-state index in [9.17, 15) is 0 Å². The van der Waals surface area contributed by atoms with Crippen LogP contribution in [0.2, 0.25) is 0 Å². The van der Waals surface area contributed by atoms with Crippen LogP contribution < -0.4 is 9.47 Å². The van der Waals surface area contributed by atoms with Gasteiger partial charge in [-0.05, 0) is 57.5 Å². The van der Waals surface area contributed by atoms with E-state index in [4.69, 9.17) is 19.2 Å². The largest absolute Gasteiger partial charge is 0.494 e. The molecule has 0 saturated carbocycles. The van der Waals surface area contributed by atoms with Gasteiger partial charge in [0.15, 0.2) is 11.6 Å². The maximum atomic E-state index is 6.26. The summed E-state index contributed by atoms with van der Waals surface area (Å²) in [6, 6.07) is 11.5. The Kier molecular flexibility index (Phi) is 8.96. The highest BCUT2D eigenvalue weighted by atomic mass is 32.2. The Bertz CT molecular complexity index is 1340. The van der Waals surface area contributed by atoms with Crippen molar-refractivity contribution in [3.63, 3.8) is 0 Å². The second kappa shape index (κ2) is 12.4. The fourth-order valence-electron chi connectivity index (χ4n) is 4.05. The molecule has 3 aromatic heterocycles. The third-order valence-corrected chi connectivity index (χ3v) is 7.05. The predicted octanol–water partition coefficient (Wildman–Crippen LogP) is 5.54. The Hall–Kier alpha value is -3.50.